The Balaban J connectivity index is 2.65. The van der Waals surface area contributed by atoms with E-state index in [9.17, 15) is 4.79 Å². The van der Waals surface area contributed by atoms with E-state index >= 15 is 0 Å². The summed E-state index contributed by atoms with van der Waals surface area (Å²) in [6, 6.07) is 5.56. The maximum atomic E-state index is 11.7. The lowest BCUT2D eigenvalue weighted by Crippen LogP contribution is -2.21. The highest BCUT2D eigenvalue weighted by molar-refractivity contribution is 5.45. The van der Waals surface area contributed by atoms with Gasteiger partial charge in [0.1, 0.15) is 5.82 Å². The highest BCUT2D eigenvalue weighted by Gasteiger charge is 2.05. The van der Waals surface area contributed by atoms with Crippen molar-refractivity contribution in [3.05, 3.63) is 51.6 Å². The molecule has 17 heavy (non-hydrogen) atoms. The molecule has 0 aliphatic heterocycles. The maximum Gasteiger partial charge on any atom is 0.354 e. The number of nitrogens with two attached hydrogens (primary N) is 1. The number of nitrogens with zero attached hydrogens (tertiary/aromatic N) is 2. The molecule has 0 radical (unpaired) electrons. The van der Waals surface area contributed by atoms with Crippen molar-refractivity contribution >= 4 is 5.82 Å². The summed E-state index contributed by atoms with van der Waals surface area (Å²) in [5.74, 6) is 0.242. The van der Waals surface area contributed by atoms with Crippen molar-refractivity contribution in [1.82, 2.24) is 9.55 Å². The third-order valence-electron chi connectivity index (χ3n) is 3.02. The van der Waals surface area contributed by atoms with Gasteiger partial charge in [0.25, 0.3) is 0 Å². The van der Waals surface area contributed by atoms with Crippen LogP contribution in [0, 0.1) is 20.8 Å². The first-order valence-corrected chi connectivity index (χ1v) is 5.42. The molecule has 0 saturated heterocycles. The fourth-order valence-electron chi connectivity index (χ4n) is 1.76. The molecule has 0 bridgehead atoms. The van der Waals surface area contributed by atoms with E-state index in [0.29, 0.717) is 0 Å². The number of hydrogen-bond donors (Lipinski definition) is 1. The largest absolute Gasteiger partial charge is 0.383 e. The quantitative estimate of drug-likeness (QED) is 0.810. The average molecular weight is 229 g/mol. The predicted octanol–water partition coefficient (Wildman–Crippen LogP) is 1.74. The minimum atomic E-state index is -0.354. The fourth-order valence-corrected chi connectivity index (χ4v) is 1.76. The third kappa shape index (κ3) is 2.06. The number of aromatic nitrogens is 2. The molecule has 0 saturated carbocycles. The van der Waals surface area contributed by atoms with E-state index in [2.05, 4.69) is 11.9 Å². The van der Waals surface area contributed by atoms with E-state index in [0.717, 1.165) is 16.8 Å². The molecule has 2 aromatic rings. The SMILES string of the molecule is Cc1cc(-n2ccc(N)nc2=O)cc(C)c1C. The van der Waals surface area contributed by atoms with Gasteiger partial charge in [-0.05, 0) is 55.7 Å². The minimum absolute atomic E-state index is 0.242. The van der Waals surface area contributed by atoms with Crippen LogP contribution >= 0.6 is 0 Å². The van der Waals surface area contributed by atoms with Crippen molar-refractivity contribution in [3.63, 3.8) is 0 Å². The van der Waals surface area contributed by atoms with Crippen LogP contribution in [0.4, 0.5) is 5.82 Å². The number of nitrogen functional groups attached to an aromatic ring is 1. The minimum Gasteiger partial charge on any atom is -0.383 e. The van der Waals surface area contributed by atoms with E-state index < -0.39 is 0 Å². The highest BCUT2D eigenvalue weighted by Crippen LogP contribution is 2.17. The van der Waals surface area contributed by atoms with Crippen LogP contribution in [0.3, 0.4) is 0 Å². The van der Waals surface area contributed by atoms with Crippen LogP contribution in [-0.2, 0) is 0 Å². The summed E-state index contributed by atoms with van der Waals surface area (Å²) < 4.78 is 1.50. The molecule has 2 rings (SSSR count). The highest BCUT2D eigenvalue weighted by atomic mass is 16.1. The molecular formula is C13H15N3O. The molecule has 1 aromatic heterocycles. The van der Waals surface area contributed by atoms with Crippen molar-refractivity contribution in [1.29, 1.82) is 0 Å². The Labute approximate surface area is 99.7 Å². The molecule has 0 spiro atoms. The third-order valence-corrected chi connectivity index (χ3v) is 3.02. The van der Waals surface area contributed by atoms with E-state index in [1.54, 1.807) is 12.3 Å². The topological polar surface area (TPSA) is 60.9 Å². The summed E-state index contributed by atoms with van der Waals surface area (Å²) >= 11 is 0. The van der Waals surface area contributed by atoms with Gasteiger partial charge in [-0.1, -0.05) is 0 Å². The van der Waals surface area contributed by atoms with Crippen LogP contribution in [0.15, 0.2) is 29.2 Å². The lowest BCUT2D eigenvalue weighted by Gasteiger charge is -2.10. The van der Waals surface area contributed by atoms with Gasteiger partial charge in [-0.2, -0.15) is 4.98 Å². The number of aryl methyl sites for hydroxylation is 2. The van der Waals surface area contributed by atoms with Gasteiger partial charge in [-0.15, -0.1) is 0 Å². The number of anilines is 1. The standard InChI is InChI=1S/C13H15N3O/c1-8-6-11(7-9(2)10(8)3)16-5-4-12(14)15-13(16)17/h4-7H,1-3H3,(H2,14,15,17). The zero-order chi connectivity index (χ0) is 12.6. The van der Waals surface area contributed by atoms with Crippen LogP contribution in [0.1, 0.15) is 16.7 Å². The normalized spacial score (nSPS) is 10.5. The molecule has 4 nitrogen and oxygen atoms in total. The Hall–Kier alpha value is -2.10. The monoisotopic (exact) mass is 229 g/mol. The van der Waals surface area contributed by atoms with Crippen LogP contribution in [0.5, 0.6) is 0 Å². The molecule has 0 atom stereocenters. The molecule has 1 heterocycles. The molecule has 0 amide bonds. The van der Waals surface area contributed by atoms with Gasteiger partial charge in [-0.25, -0.2) is 4.79 Å². The number of rotatable bonds is 1. The van der Waals surface area contributed by atoms with Gasteiger partial charge in [0.05, 0.1) is 5.69 Å². The van der Waals surface area contributed by atoms with Crippen molar-refractivity contribution in [2.45, 2.75) is 20.8 Å². The summed E-state index contributed by atoms with van der Waals surface area (Å²) in [4.78, 5) is 15.4. The molecule has 4 heteroatoms. The van der Waals surface area contributed by atoms with E-state index in [1.165, 1.54) is 10.1 Å². The van der Waals surface area contributed by atoms with Gasteiger partial charge in [0.15, 0.2) is 0 Å². The first-order valence-electron chi connectivity index (χ1n) is 5.42. The molecule has 0 aliphatic carbocycles. The van der Waals surface area contributed by atoms with Crippen molar-refractivity contribution < 1.29 is 0 Å². The molecule has 0 fully saturated rings. The Morgan fingerprint density at radius 2 is 1.76 bits per heavy atom. The van der Waals surface area contributed by atoms with Crippen molar-refractivity contribution in [2.75, 3.05) is 5.73 Å². The summed E-state index contributed by atoms with van der Waals surface area (Å²) in [5, 5.41) is 0. The van der Waals surface area contributed by atoms with Gasteiger partial charge in [0.2, 0.25) is 0 Å². The molecule has 0 aliphatic rings. The summed E-state index contributed by atoms with van der Waals surface area (Å²) in [7, 11) is 0. The zero-order valence-electron chi connectivity index (χ0n) is 10.2. The van der Waals surface area contributed by atoms with Gasteiger partial charge in [0, 0.05) is 6.20 Å². The van der Waals surface area contributed by atoms with E-state index in [1.807, 2.05) is 26.0 Å². The van der Waals surface area contributed by atoms with Crippen molar-refractivity contribution in [2.24, 2.45) is 0 Å². The predicted molar refractivity (Wildman–Crippen MR) is 68.5 cm³/mol. The Morgan fingerprint density at radius 1 is 1.18 bits per heavy atom. The molecule has 1 aromatic carbocycles. The fraction of sp³-hybridized carbons (Fsp3) is 0.231. The Morgan fingerprint density at radius 3 is 2.29 bits per heavy atom. The van der Waals surface area contributed by atoms with Crippen molar-refractivity contribution in [3.8, 4) is 5.69 Å². The summed E-state index contributed by atoms with van der Waals surface area (Å²) in [6.07, 6.45) is 1.65. The van der Waals surface area contributed by atoms with E-state index in [4.69, 9.17) is 5.73 Å². The second-order valence-corrected chi connectivity index (χ2v) is 4.21. The first-order chi connectivity index (χ1) is 7.99. The average Bonchev–Trinajstić information content (AvgIpc) is 2.25. The molecule has 0 unspecified atom stereocenters. The molecular weight excluding hydrogens is 214 g/mol. The Bertz CT molecular complexity index is 606. The smallest absolute Gasteiger partial charge is 0.354 e. The van der Waals surface area contributed by atoms with Gasteiger partial charge >= 0.3 is 5.69 Å². The van der Waals surface area contributed by atoms with Crippen LogP contribution in [-0.4, -0.2) is 9.55 Å². The Kier molecular flexibility index (Phi) is 2.71. The van der Waals surface area contributed by atoms with Crippen LogP contribution < -0.4 is 11.4 Å². The molecule has 88 valence electrons. The summed E-state index contributed by atoms with van der Waals surface area (Å²) in [6.45, 7) is 6.13. The number of hydrogen-bond acceptors (Lipinski definition) is 3. The lowest BCUT2D eigenvalue weighted by molar-refractivity contribution is 0.915. The number of benzene rings is 1. The first kappa shape index (κ1) is 11.4. The van der Waals surface area contributed by atoms with Crippen LogP contribution in [0.25, 0.3) is 5.69 Å². The van der Waals surface area contributed by atoms with Gasteiger partial charge < -0.3 is 5.73 Å². The van der Waals surface area contributed by atoms with E-state index in [-0.39, 0.29) is 11.5 Å². The van der Waals surface area contributed by atoms with Gasteiger partial charge in [-0.3, -0.25) is 4.57 Å². The second-order valence-electron chi connectivity index (χ2n) is 4.21. The zero-order valence-corrected chi connectivity index (χ0v) is 10.2. The van der Waals surface area contributed by atoms with Crippen LogP contribution in [0.2, 0.25) is 0 Å². The summed E-state index contributed by atoms with van der Waals surface area (Å²) in [5.41, 5.74) is 9.49. The maximum absolute atomic E-state index is 11.7. The second kappa shape index (κ2) is 4.05. The lowest BCUT2D eigenvalue weighted by atomic mass is 10.0. The molecule has 2 N–H and O–H groups in total.